The van der Waals surface area contributed by atoms with Gasteiger partial charge in [0.05, 0.1) is 17.3 Å². The molecule has 0 radical (unpaired) electrons. The van der Waals surface area contributed by atoms with Crippen molar-refractivity contribution in [1.82, 2.24) is 10.3 Å². The van der Waals surface area contributed by atoms with Crippen LogP contribution in [0.2, 0.25) is 0 Å². The van der Waals surface area contributed by atoms with E-state index in [0.717, 1.165) is 17.2 Å². The van der Waals surface area contributed by atoms with E-state index in [1.807, 2.05) is 6.92 Å². The molecule has 0 spiro atoms. The van der Waals surface area contributed by atoms with Gasteiger partial charge in [0.1, 0.15) is 0 Å². The molecule has 1 rings (SSSR count). The van der Waals surface area contributed by atoms with E-state index in [1.54, 1.807) is 18.4 Å². The number of alkyl halides is 1. The molecule has 0 saturated heterocycles. The first-order chi connectivity index (χ1) is 6.76. The fourth-order valence-corrected chi connectivity index (χ4v) is 1.91. The van der Waals surface area contributed by atoms with Crippen molar-refractivity contribution in [2.75, 3.05) is 19.6 Å². The highest BCUT2D eigenvalue weighted by Gasteiger charge is 2.06. The van der Waals surface area contributed by atoms with Crippen LogP contribution in [-0.2, 0) is 11.3 Å². The Morgan fingerprint density at radius 1 is 1.71 bits per heavy atom. The maximum atomic E-state index is 5.76. The molecule has 1 heterocycles. The lowest BCUT2D eigenvalue weighted by molar-refractivity contribution is 0.172. The summed E-state index contributed by atoms with van der Waals surface area (Å²) in [6, 6.07) is 0.198. The Kier molecular flexibility index (Phi) is 5.40. The molecule has 0 amide bonds. The molecule has 1 aromatic rings. The van der Waals surface area contributed by atoms with Crippen LogP contribution in [0.3, 0.4) is 0 Å². The second kappa shape index (κ2) is 6.35. The fourth-order valence-electron chi connectivity index (χ4n) is 1.10. The highest BCUT2D eigenvalue weighted by atomic mass is 35.5. The van der Waals surface area contributed by atoms with E-state index in [2.05, 4.69) is 15.7 Å². The Labute approximate surface area is 93.4 Å². The van der Waals surface area contributed by atoms with Crippen molar-refractivity contribution in [3.8, 4) is 0 Å². The lowest BCUT2D eigenvalue weighted by atomic mass is 10.3. The first-order valence-electron chi connectivity index (χ1n) is 4.45. The van der Waals surface area contributed by atoms with Gasteiger partial charge < -0.3 is 10.1 Å². The highest BCUT2D eigenvalue weighted by Crippen LogP contribution is 2.07. The molecule has 1 atom stereocenters. The molecule has 0 aliphatic heterocycles. The smallest absolute Gasteiger partial charge is 0.0897 e. The summed E-state index contributed by atoms with van der Waals surface area (Å²) in [5.74, 6) is 0.553. The van der Waals surface area contributed by atoms with Gasteiger partial charge >= 0.3 is 0 Å². The molecular weight excluding hydrogens is 220 g/mol. The monoisotopic (exact) mass is 234 g/mol. The first kappa shape index (κ1) is 11.9. The number of methoxy groups -OCH3 is 1. The Bertz CT molecular complexity index is 267. The van der Waals surface area contributed by atoms with Crippen LogP contribution in [-0.4, -0.2) is 30.6 Å². The van der Waals surface area contributed by atoms with Crippen LogP contribution in [0.1, 0.15) is 10.7 Å². The van der Waals surface area contributed by atoms with Gasteiger partial charge in [-0.25, -0.2) is 4.98 Å². The third-order valence-corrected chi connectivity index (χ3v) is 2.99. The second-order valence-electron chi connectivity index (χ2n) is 3.05. The van der Waals surface area contributed by atoms with Crippen molar-refractivity contribution < 1.29 is 4.74 Å². The van der Waals surface area contributed by atoms with Crippen molar-refractivity contribution in [3.05, 3.63) is 16.1 Å². The summed E-state index contributed by atoms with van der Waals surface area (Å²) in [5, 5.41) is 6.44. The molecule has 0 saturated carbocycles. The van der Waals surface area contributed by atoms with Gasteiger partial charge in [-0.15, -0.1) is 22.9 Å². The summed E-state index contributed by atoms with van der Waals surface area (Å²) in [4.78, 5) is 4.35. The minimum absolute atomic E-state index is 0.198. The topological polar surface area (TPSA) is 34.1 Å². The van der Waals surface area contributed by atoms with Gasteiger partial charge in [0.2, 0.25) is 0 Å². The number of hydrogen-bond donors (Lipinski definition) is 1. The van der Waals surface area contributed by atoms with Crippen LogP contribution in [0.4, 0.5) is 0 Å². The van der Waals surface area contributed by atoms with E-state index in [9.17, 15) is 0 Å². The molecule has 0 aliphatic rings. The number of halogens is 1. The molecule has 3 nitrogen and oxygen atoms in total. The molecule has 1 aromatic heterocycles. The zero-order valence-corrected chi connectivity index (χ0v) is 9.99. The average Bonchev–Trinajstić information content (AvgIpc) is 2.59. The zero-order chi connectivity index (χ0) is 10.4. The third-order valence-electron chi connectivity index (χ3n) is 1.79. The van der Waals surface area contributed by atoms with Crippen molar-refractivity contribution in [3.63, 3.8) is 0 Å². The Morgan fingerprint density at radius 2 is 2.50 bits per heavy atom. The van der Waals surface area contributed by atoms with Gasteiger partial charge in [-0.3, -0.25) is 0 Å². The van der Waals surface area contributed by atoms with Crippen molar-refractivity contribution in [2.24, 2.45) is 0 Å². The molecular formula is C9H15ClN2OS. The molecule has 0 bridgehead atoms. The standard InChI is InChI=1S/C9H15ClN2OS/c1-7-12-9(6-14-7)4-11-8(3-10)5-13-2/h6,8,11H,3-5H2,1-2H3. The van der Waals surface area contributed by atoms with Crippen LogP contribution in [0.15, 0.2) is 5.38 Å². The minimum Gasteiger partial charge on any atom is -0.383 e. The molecule has 0 fully saturated rings. The van der Waals surface area contributed by atoms with Gasteiger partial charge in [-0.05, 0) is 6.92 Å². The lowest BCUT2D eigenvalue weighted by Crippen LogP contribution is -2.34. The van der Waals surface area contributed by atoms with Crippen LogP contribution < -0.4 is 5.32 Å². The first-order valence-corrected chi connectivity index (χ1v) is 5.87. The van der Waals surface area contributed by atoms with Crippen molar-refractivity contribution in [2.45, 2.75) is 19.5 Å². The highest BCUT2D eigenvalue weighted by molar-refractivity contribution is 7.09. The normalized spacial score (nSPS) is 13.1. The number of thiazole rings is 1. The Balaban J connectivity index is 2.31. The summed E-state index contributed by atoms with van der Waals surface area (Å²) in [5.41, 5.74) is 1.07. The summed E-state index contributed by atoms with van der Waals surface area (Å²) >= 11 is 7.42. The molecule has 80 valence electrons. The number of rotatable bonds is 6. The molecule has 14 heavy (non-hydrogen) atoms. The number of hydrogen-bond acceptors (Lipinski definition) is 4. The van der Waals surface area contributed by atoms with E-state index in [1.165, 1.54) is 0 Å². The van der Waals surface area contributed by atoms with E-state index >= 15 is 0 Å². The van der Waals surface area contributed by atoms with E-state index in [0.29, 0.717) is 12.5 Å². The van der Waals surface area contributed by atoms with Crippen LogP contribution >= 0.6 is 22.9 Å². The molecule has 1 unspecified atom stereocenters. The van der Waals surface area contributed by atoms with E-state index in [-0.39, 0.29) is 6.04 Å². The van der Waals surface area contributed by atoms with Crippen LogP contribution in [0, 0.1) is 6.92 Å². The fraction of sp³-hybridized carbons (Fsp3) is 0.667. The van der Waals surface area contributed by atoms with Gasteiger partial charge in [0, 0.05) is 31.0 Å². The van der Waals surface area contributed by atoms with Crippen molar-refractivity contribution in [1.29, 1.82) is 0 Å². The largest absolute Gasteiger partial charge is 0.383 e. The van der Waals surface area contributed by atoms with Gasteiger partial charge in [0.15, 0.2) is 0 Å². The Morgan fingerprint density at radius 3 is 3.00 bits per heavy atom. The minimum atomic E-state index is 0.198. The van der Waals surface area contributed by atoms with E-state index in [4.69, 9.17) is 16.3 Å². The molecule has 0 aliphatic carbocycles. The predicted molar refractivity (Wildman–Crippen MR) is 60.1 cm³/mol. The maximum Gasteiger partial charge on any atom is 0.0897 e. The van der Waals surface area contributed by atoms with Gasteiger partial charge in [-0.2, -0.15) is 0 Å². The zero-order valence-electron chi connectivity index (χ0n) is 8.42. The summed E-state index contributed by atoms with van der Waals surface area (Å²) in [7, 11) is 1.67. The van der Waals surface area contributed by atoms with Crippen LogP contribution in [0.5, 0.6) is 0 Å². The third kappa shape index (κ3) is 3.92. The quantitative estimate of drug-likeness (QED) is 0.763. The maximum absolute atomic E-state index is 5.76. The summed E-state index contributed by atoms with van der Waals surface area (Å²) < 4.78 is 5.02. The SMILES string of the molecule is COCC(CCl)NCc1csc(C)n1. The lowest BCUT2D eigenvalue weighted by Gasteiger charge is -2.13. The van der Waals surface area contributed by atoms with Crippen molar-refractivity contribution >= 4 is 22.9 Å². The summed E-state index contributed by atoms with van der Waals surface area (Å²) in [6.07, 6.45) is 0. The molecule has 0 aromatic carbocycles. The predicted octanol–water partition coefficient (Wildman–Crippen LogP) is 1.79. The van der Waals surface area contributed by atoms with E-state index < -0.39 is 0 Å². The average molecular weight is 235 g/mol. The Hall–Kier alpha value is -0.160. The van der Waals surface area contributed by atoms with Gasteiger partial charge in [0.25, 0.3) is 0 Å². The second-order valence-corrected chi connectivity index (χ2v) is 4.42. The van der Waals surface area contributed by atoms with Gasteiger partial charge in [-0.1, -0.05) is 0 Å². The number of aryl methyl sites for hydroxylation is 1. The number of nitrogens with one attached hydrogen (secondary N) is 1. The molecule has 5 heteroatoms. The number of nitrogens with zero attached hydrogens (tertiary/aromatic N) is 1. The van der Waals surface area contributed by atoms with Crippen LogP contribution in [0.25, 0.3) is 0 Å². The number of ether oxygens (including phenoxy) is 1. The summed E-state index contributed by atoms with van der Waals surface area (Å²) in [6.45, 7) is 3.39. The number of aromatic nitrogens is 1. The molecule has 1 N–H and O–H groups in total.